The van der Waals surface area contributed by atoms with E-state index in [4.69, 9.17) is 5.26 Å². The molecule has 2 aromatic heterocycles. The van der Waals surface area contributed by atoms with Crippen molar-refractivity contribution in [2.24, 2.45) is 7.05 Å². The summed E-state index contributed by atoms with van der Waals surface area (Å²) in [5.74, 6) is 0.831. The Kier molecular flexibility index (Phi) is 3.11. The molecule has 2 aromatic rings. The smallest absolute Gasteiger partial charge is 0.145 e. The predicted octanol–water partition coefficient (Wildman–Crippen LogP) is 1.69. The van der Waals surface area contributed by atoms with Gasteiger partial charge in [-0.2, -0.15) is 10.4 Å². The van der Waals surface area contributed by atoms with E-state index in [-0.39, 0.29) is 0 Å². The second kappa shape index (κ2) is 4.55. The minimum atomic E-state index is 0.630. The Labute approximate surface area is 104 Å². The van der Waals surface area contributed by atoms with Crippen LogP contribution in [0.2, 0.25) is 0 Å². The van der Waals surface area contributed by atoms with E-state index in [1.54, 1.807) is 16.0 Å². The summed E-state index contributed by atoms with van der Waals surface area (Å²) < 4.78 is 1.74. The topological polar surface area (TPSA) is 57.7 Å². The predicted molar refractivity (Wildman–Crippen MR) is 66.9 cm³/mol. The summed E-state index contributed by atoms with van der Waals surface area (Å²) in [6, 6.07) is 2.20. The number of aromatic nitrogens is 3. The van der Waals surface area contributed by atoms with Gasteiger partial charge in [0.2, 0.25) is 0 Å². The Hall–Kier alpha value is -1.87. The summed E-state index contributed by atoms with van der Waals surface area (Å²) in [7, 11) is 3.79. The van der Waals surface area contributed by atoms with Gasteiger partial charge in [0.05, 0.1) is 23.4 Å². The fourth-order valence-electron chi connectivity index (χ4n) is 1.85. The fraction of sp³-hybridized carbons (Fsp3) is 0.364. The number of thiazole rings is 1. The molecule has 0 aliphatic carbocycles. The van der Waals surface area contributed by atoms with E-state index in [9.17, 15) is 0 Å². The summed E-state index contributed by atoms with van der Waals surface area (Å²) in [4.78, 5) is 6.23. The molecule has 0 saturated heterocycles. The monoisotopic (exact) mass is 247 g/mol. The zero-order chi connectivity index (χ0) is 12.4. The molecule has 0 N–H and O–H groups in total. The van der Waals surface area contributed by atoms with E-state index in [1.165, 1.54) is 0 Å². The molecule has 2 rings (SSSR count). The van der Waals surface area contributed by atoms with Gasteiger partial charge < -0.3 is 4.90 Å². The Morgan fingerprint density at radius 3 is 2.94 bits per heavy atom. The van der Waals surface area contributed by atoms with Crippen molar-refractivity contribution in [1.29, 1.82) is 5.26 Å². The van der Waals surface area contributed by atoms with Crippen LogP contribution in [-0.2, 0) is 13.6 Å². The quantitative estimate of drug-likeness (QED) is 0.828. The van der Waals surface area contributed by atoms with Gasteiger partial charge in [0, 0.05) is 19.5 Å². The van der Waals surface area contributed by atoms with Crippen LogP contribution in [0.5, 0.6) is 0 Å². The van der Waals surface area contributed by atoms with Crippen LogP contribution in [0.15, 0.2) is 10.9 Å². The molecule has 0 bridgehead atoms. The van der Waals surface area contributed by atoms with Gasteiger partial charge in [-0.15, -0.1) is 11.3 Å². The number of hydrogen-bond acceptors (Lipinski definition) is 5. The van der Waals surface area contributed by atoms with Crippen LogP contribution in [0.1, 0.15) is 17.0 Å². The van der Waals surface area contributed by atoms with Gasteiger partial charge >= 0.3 is 0 Å². The van der Waals surface area contributed by atoms with Crippen LogP contribution in [0.3, 0.4) is 0 Å². The highest BCUT2D eigenvalue weighted by molar-refractivity contribution is 7.07. The van der Waals surface area contributed by atoms with Crippen LogP contribution in [0.4, 0.5) is 5.82 Å². The lowest BCUT2D eigenvalue weighted by Gasteiger charge is -2.18. The van der Waals surface area contributed by atoms with Crippen molar-refractivity contribution in [2.45, 2.75) is 13.5 Å². The summed E-state index contributed by atoms with van der Waals surface area (Å²) in [6.07, 6.45) is 0. The first-order valence-electron chi connectivity index (χ1n) is 5.15. The molecule has 0 fully saturated rings. The highest BCUT2D eigenvalue weighted by Gasteiger charge is 2.17. The number of hydrogen-bond donors (Lipinski definition) is 0. The first kappa shape index (κ1) is 11.6. The van der Waals surface area contributed by atoms with Gasteiger partial charge in [-0.05, 0) is 6.92 Å². The van der Waals surface area contributed by atoms with E-state index in [0.29, 0.717) is 12.1 Å². The molecule has 0 unspecified atom stereocenters. The molecule has 0 aliphatic rings. The number of nitrogens with zero attached hydrogens (tertiary/aromatic N) is 5. The molecule has 6 heteroatoms. The van der Waals surface area contributed by atoms with E-state index >= 15 is 0 Å². The lowest BCUT2D eigenvalue weighted by Crippen LogP contribution is -2.20. The number of rotatable bonds is 3. The zero-order valence-corrected chi connectivity index (χ0v) is 10.8. The summed E-state index contributed by atoms with van der Waals surface area (Å²) in [5.41, 5.74) is 4.20. The molecule has 5 nitrogen and oxygen atoms in total. The lowest BCUT2D eigenvalue weighted by atomic mass is 10.2. The van der Waals surface area contributed by atoms with Crippen molar-refractivity contribution < 1.29 is 0 Å². The highest BCUT2D eigenvalue weighted by Crippen LogP contribution is 2.22. The molecule has 0 aliphatic heterocycles. The maximum absolute atomic E-state index is 9.14. The van der Waals surface area contributed by atoms with Crippen LogP contribution in [0, 0.1) is 18.3 Å². The maximum atomic E-state index is 9.14. The van der Waals surface area contributed by atoms with Crippen molar-refractivity contribution in [2.75, 3.05) is 11.9 Å². The van der Waals surface area contributed by atoms with E-state index in [0.717, 1.165) is 17.2 Å². The van der Waals surface area contributed by atoms with Gasteiger partial charge in [-0.3, -0.25) is 4.68 Å². The van der Waals surface area contributed by atoms with Gasteiger partial charge in [-0.25, -0.2) is 4.98 Å². The highest BCUT2D eigenvalue weighted by atomic mass is 32.1. The van der Waals surface area contributed by atoms with Gasteiger partial charge in [0.25, 0.3) is 0 Å². The van der Waals surface area contributed by atoms with Gasteiger partial charge in [-0.1, -0.05) is 0 Å². The molecule has 17 heavy (non-hydrogen) atoms. The minimum Gasteiger partial charge on any atom is -0.353 e. The summed E-state index contributed by atoms with van der Waals surface area (Å²) in [5, 5.41) is 15.4. The van der Waals surface area contributed by atoms with Crippen LogP contribution in [0.25, 0.3) is 0 Å². The number of aryl methyl sites for hydroxylation is 2. The van der Waals surface area contributed by atoms with Crippen molar-refractivity contribution in [3.63, 3.8) is 0 Å². The van der Waals surface area contributed by atoms with E-state index in [1.807, 2.05) is 36.8 Å². The summed E-state index contributed by atoms with van der Waals surface area (Å²) in [6.45, 7) is 2.52. The Morgan fingerprint density at radius 1 is 1.59 bits per heavy atom. The Balaban J connectivity index is 2.31. The number of nitriles is 1. The molecule has 0 saturated carbocycles. The molecule has 0 aromatic carbocycles. The zero-order valence-electron chi connectivity index (χ0n) is 10.0. The van der Waals surface area contributed by atoms with Crippen LogP contribution < -0.4 is 4.90 Å². The molecule has 0 atom stereocenters. The van der Waals surface area contributed by atoms with E-state index in [2.05, 4.69) is 16.2 Å². The second-order valence-electron chi connectivity index (χ2n) is 3.86. The third-order valence-corrected chi connectivity index (χ3v) is 3.18. The number of anilines is 1. The average Bonchev–Trinajstić information content (AvgIpc) is 2.85. The third-order valence-electron chi connectivity index (χ3n) is 2.55. The maximum Gasteiger partial charge on any atom is 0.145 e. The molecule has 88 valence electrons. The summed E-state index contributed by atoms with van der Waals surface area (Å²) >= 11 is 1.57. The van der Waals surface area contributed by atoms with Crippen molar-refractivity contribution in [3.05, 3.63) is 27.8 Å². The van der Waals surface area contributed by atoms with Crippen molar-refractivity contribution in [3.8, 4) is 6.07 Å². The molecule has 0 amide bonds. The average molecular weight is 247 g/mol. The largest absolute Gasteiger partial charge is 0.353 e. The SMILES string of the molecule is Cc1nn(C)c(N(C)Cc2cscn2)c1C#N. The van der Waals surface area contributed by atoms with Crippen LogP contribution >= 0.6 is 11.3 Å². The normalized spacial score (nSPS) is 10.2. The Bertz CT molecular complexity index is 549. The van der Waals surface area contributed by atoms with Crippen molar-refractivity contribution >= 4 is 17.2 Å². The standard InChI is InChI=1S/C11H13N5S/c1-8-10(4-12)11(16(3)14-8)15(2)5-9-6-17-7-13-9/h6-7H,5H2,1-3H3. The first-order chi connectivity index (χ1) is 8.13. The first-order valence-corrected chi connectivity index (χ1v) is 6.09. The fourth-order valence-corrected chi connectivity index (χ4v) is 2.40. The third kappa shape index (κ3) is 2.15. The second-order valence-corrected chi connectivity index (χ2v) is 4.57. The van der Waals surface area contributed by atoms with Gasteiger partial charge in [0.15, 0.2) is 0 Å². The molecular formula is C11H13N5S. The van der Waals surface area contributed by atoms with Crippen molar-refractivity contribution in [1.82, 2.24) is 14.8 Å². The van der Waals surface area contributed by atoms with Gasteiger partial charge in [0.1, 0.15) is 17.5 Å². The lowest BCUT2D eigenvalue weighted by molar-refractivity contribution is 0.723. The molecular weight excluding hydrogens is 234 g/mol. The molecule has 0 spiro atoms. The Morgan fingerprint density at radius 2 is 2.35 bits per heavy atom. The molecule has 0 radical (unpaired) electrons. The minimum absolute atomic E-state index is 0.630. The molecule has 2 heterocycles. The van der Waals surface area contributed by atoms with E-state index < -0.39 is 0 Å². The van der Waals surface area contributed by atoms with Crippen LogP contribution in [-0.4, -0.2) is 21.8 Å².